The van der Waals surface area contributed by atoms with Gasteiger partial charge < -0.3 is 10.6 Å². The Morgan fingerprint density at radius 1 is 1.50 bits per heavy atom. The van der Waals surface area contributed by atoms with Gasteiger partial charge in [-0.25, -0.2) is 0 Å². The molecule has 2 unspecified atom stereocenters. The van der Waals surface area contributed by atoms with Gasteiger partial charge >= 0.3 is 0 Å². The number of piperidine rings is 1. The van der Waals surface area contributed by atoms with Gasteiger partial charge in [-0.2, -0.15) is 0 Å². The fraction of sp³-hybridized carbons (Fsp3) is 0.417. The summed E-state index contributed by atoms with van der Waals surface area (Å²) in [6, 6.07) is 7.48. The Morgan fingerprint density at radius 3 is 2.94 bits per heavy atom. The minimum absolute atomic E-state index is 0.0128. The number of hydrogen-bond donors (Lipinski definition) is 1. The van der Waals surface area contributed by atoms with Gasteiger partial charge in [0.05, 0.1) is 6.04 Å². The molecule has 86 valence electrons. The van der Waals surface area contributed by atoms with Crippen molar-refractivity contribution in [2.45, 2.75) is 24.9 Å². The van der Waals surface area contributed by atoms with Gasteiger partial charge in [0, 0.05) is 24.5 Å². The van der Waals surface area contributed by atoms with Crippen LogP contribution in [0.1, 0.15) is 24.4 Å². The summed E-state index contributed by atoms with van der Waals surface area (Å²) in [5.74, 6) is 0.145. The van der Waals surface area contributed by atoms with E-state index in [1.165, 1.54) is 0 Å². The molecule has 2 N–H and O–H groups in total. The van der Waals surface area contributed by atoms with Crippen LogP contribution in [0.25, 0.3) is 0 Å². The molecule has 0 aromatic heterocycles. The SMILES string of the molecule is CN1C(=O)CCC(N)C1c1cccc(Cl)c1. The first-order chi connectivity index (χ1) is 7.59. The number of carbonyl (C=O) groups is 1. The third-order valence-electron chi connectivity index (χ3n) is 3.10. The zero-order chi connectivity index (χ0) is 11.7. The van der Waals surface area contributed by atoms with Gasteiger partial charge in [-0.3, -0.25) is 4.79 Å². The zero-order valence-corrected chi connectivity index (χ0v) is 9.95. The Morgan fingerprint density at radius 2 is 2.25 bits per heavy atom. The van der Waals surface area contributed by atoms with Gasteiger partial charge in [-0.1, -0.05) is 23.7 Å². The van der Waals surface area contributed by atoms with E-state index in [9.17, 15) is 4.79 Å². The minimum atomic E-state index is -0.0556. The van der Waals surface area contributed by atoms with Crippen molar-refractivity contribution >= 4 is 17.5 Å². The van der Waals surface area contributed by atoms with E-state index < -0.39 is 0 Å². The molecule has 0 aliphatic carbocycles. The van der Waals surface area contributed by atoms with Gasteiger partial charge in [0.1, 0.15) is 0 Å². The summed E-state index contributed by atoms with van der Waals surface area (Å²) in [5.41, 5.74) is 7.09. The molecule has 0 bridgehead atoms. The van der Waals surface area contributed by atoms with E-state index in [4.69, 9.17) is 17.3 Å². The first-order valence-electron chi connectivity index (χ1n) is 5.36. The maximum absolute atomic E-state index is 11.6. The lowest BCUT2D eigenvalue weighted by Gasteiger charge is -2.37. The van der Waals surface area contributed by atoms with Crippen LogP contribution in [0.4, 0.5) is 0 Å². The highest BCUT2D eigenvalue weighted by Gasteiger charge is 2.32. The number of amides is 1. The van der Waals surface area contributed by atoms with Crippen LogP contribution in [0.5, 0.6) is 0 Å². The summed E-state index contributed by atoms with van der Waals surface area (Å²) >= 11 is 5.95. The molecule has 1 saturated heterocycles. The molecule has 1 fully saturated rings. The Hall–Kier alpha value is -1.06. The fourth-order valence-corrected chi connectivity index (χ4v) is 2.43. The van der Waals surface area contributed by atoms with Gasteiger partial charge in [-0.15, -0.1) is 0 Å². The Balaban J connectivity index is 2.33. The van der Waals surface area contributed by atoms with Crippen molar-refractivity contribution in [1.82, 2.24) is 4.90 Å². The van der Waals surface area contributed by atoms with Crippen LogP contribution in [-0.4, -0.2) is 23.9 Å². The van der Waals surface area contributed by atoms with Crippen molar-refractivity contribution in [2.24, 2.45) is 5.73 Å². The Bertz CT molecular complexity index is 408. The number of halogens is 1. The van der Waals surface area contributed by atoms with E-state index in [0.29, 0.717) is 11.4 Å². The number of likely N-dealkylation sites (N-methyl/N-ethyl adjacent to an activating group) is 1. The van der Waals surface area contributed by atoms with Crippen LogP contribution in [0.2, 0.25) is 5.02 Å². The number of carbonyl (C=O) groups excluding carboxylic acids is 1. The molecule has 3 nitrogen and oxygen atoms in total. The quantitative estimate of drug-likeness (QED) is 0.813. The molecular weight excluding hydrogens is 224 g/mol. The highest BCUT2D eigenvalue weighted by molar-refractivity contribution is 6.30. The summed E-state index contributed by atoms with van der Waals surface area (Å²) in [4.78, 5) is 13.4. The zero-order valence-electron chi connectivity index (χ0n) is 9.19. The van der Waals surface area contributed by atoms with Crippen molar-refractivity contribution in [3.05, 3.63) is 34.9 Å². The molecule has 1 heterocycles. The van der Waals surface area contributed by atoms with E-state index in [2.05, 4.69) is 0 Å². The first-order valence-corrected chi connectivity index (χ1v) is 5.74. The molecule has 0 radical (unpaired) electrons. The monoisotopic (exact) mass is 238 g/mol. The molecule has 4 heteroatoms. The number of nitrogens with two attached hydrogens (primary N) is 1. The van der Waals surface area contributed by atoms with Crippen molar-refractivity contribution in [3.63, 3.8) is 0 Å². The van der Waals surface area contributed by atoms with Crippen LogP contribution < -0.4 is 5.73 Å². The molecule has 2 atom stereocenters. The maximum Gasteiger partial charge on any atom is 0.222 e. The lowest BCUT2D eigenvalue weighted by Crippen LogP contribution is -2.46. The highest BCUT2D eigenvalue weighted by atomic mass is 35.5. The minimum Gasteiger partial charge on any atom is -0.337 e. The van der Waals surface area contributed by atoms with Crippen molar-refractivity contribution in [2.75, 3.05) is 7.05 Å². The van der Waals surface area contributed by atoms with Crippen molar-refractivity contribution in [3.8, 4) is 0 Å². The van der Waals surface area contributed by atoms with Gasteiger partial charge in [0.2, 0.25) is 5.91 Å². The Kier molecular flexibility index (Phi) is 3.17. The molecule has 0 saturated carbocycles. The largest absolute Gasteiger partial charge is 0.337 e. The summed E-state index contributed by atoms with van der Waals surface area (Å²) in [7, 11) is 1.80. The summed E-state index contributed by atoms with van der Waals surface area (Å²) < 4.78 is 0. The second-order valence-corrected chi connectivity index (χ2v) is 4.64. The van der Waals surface area contributed by atoms with Crippen LogP contribution >= 0.6 is 11.6 Å². The number of rotatable bonds is 1. The van der Waals surface area contributed by atoms with E-state index in [1.54, 1.807) is 11.9 Å². The normalized spacial score (nSPS) is 25.9. The summed E-state index contributed by atoms with van der Waals surface area (Å²) in [6.07, 6.45) is 1.27. The van der Waals surface area contributed by atoms with Crippen LogP contribution in [0.3, 0.4) is 0 Å². The van der Waals surface area contributed by atoms with E-state index >= 15 is 0 Å². The van der Waals surface area contributed by atoms with E-state index in [-0.39, 0.29) is 18.0 Å². The lowest BCUT2D eigenvalue weighted by atomic mass is 9.91. The predicted octanol–water partition coefficient (Wildman–Crippen LogP) is 1.96. The molecule has 1 aromatic carbocycles. The van der Waals surface area contributed by atoms with Gasteiger partial charge in [-0.05, 0) is 24.1 Å². The Labute approximate surface area is 100 Å². The van der Waals surface area contributed by atoms with Crippen LogP contribution in [0.15, 0.2) is 24.3 Å². The topological polar surface area (TPSA) is 46.3 Å². The summed E-state index contributed by atoms with van der Waals surface area (Å²) in [5, 5.41) is 0.677. The third kappa shape index (κ3) is 2.06. The number of benzene rings is 1. The number of nitrogens with zero attached hydrogens (tertiary/aromatic N) is 1. The average molecular weight is 239 g/mol. The third-order valence-corrected chi connectivity index (χ3v) is 3.33. The second kappa shape index (κ2) is 4.44. The standard InChI is InChI=1S/C12H15ClN2O/c1-15-11(16)6-5-10(14)12(15)8-3-2-4-9(13)7-8/h2-4,7,10,12H,5-6,14H2,1H3. The average Bonchev–Trinajstić information content (AvgIpc) is 2.24. The molecule has 16 heavy (non-hydrogen) atoms. The van der Waals surface area contributed by atoms with E-state index in [0.717, 1.165) is 12.0 Å². The van der Waals surface area contributed by atoms with Crippen molar-refractivity contribution < 1.29 is 4.79 Å². The number of hydrogen-bond acceptors (Lipinski definition) is 2. The van der Waals surface area contributed by atoms with Crippen molar-refractivity contribution in [1.29, 1.82) is 0 Å². The van der Waals surface area contributed by atoms with Crippen LogP contribution in [0, 0.1) is 0 Å². The predicted molar refractivity (Wildman–Crippen MR) is 64.2 cm³/mol. The number of likely N-dealkylation sites (tertiary alicyclic amines) is 1. The smallest absolute Gasteiger partial charge is 0.222 e. The van der Waals surface area contributed by atoms with Crippen LogP contribution in [-0.2, 0) is 4.79 Å². The first kappa shape index (κ1) is 11.4. The molecule has 1 aliphatic heterocycles. The molecule has 1 aliphatic rings. The molecule has 1 amide bonds. The highest BCUT2D eigenvalue weighted by Crippen LogP contribution is 2.30. The van der Waals surface area contributed by atoms with Gasteiger partial charge in [0.25, 0.3) is 0 Å². The van der Waals surface area contributed by atoms with E-state index in [1.807, 2.05) is 24.3 Å². The fourth-order valence-electron chi connectivity index (χ4n) is 2.23. The molecule has 0 spiro atoms. The maximum atomic E-state index is 11.6. The molecule has 1 aromatic rings. The molecule has 2 rings (SSSR count). The summed E-state index contributed by atoms with van der Waals surface area (Å²) in [6.45, 7) is 0. The molecular formula is C12H15ClN2O. The second-order valence-electron chi connectivity index (χ2n) is 4.21. The lowest BCUT2D eigenvalue weighted by molar-refractivity contribution is -0.135. The van der Waals surface area contributed by atoms with Gasteiger partial charge in [0.15, 0.2) is 0 Å².